The second-order valence-electron chi connectivity index (χ2n) is 16.3. The van der Waals surface area contributed by atoms with Crippen molar-refractivity contribution in [3.63, 3.8) is 0 Å². The SMILES string of the molecule is CCCCCCCCOC(=O)[C@H](Cc1ccc2ccccc2c1)N[C@@H]1CC[C@@H](N[C@@H](Cc2ccc3ccccc3c2)C(=O)OCCCCCCCC)N1c1ccncc1. The van der Waals surface area contributed by atoms with Gasteiger partial charge in [0.15, 0.2) is 0 Å². The minimum atomic E-state index is -0.569. The van der Waals surface area contributed by atoms with Crippen LogP contribution >= 0.6 is 0 Å². The molecule has 0 saturated carbocycles. The molecule has 0 unspecified atom stereocenters. The summed E-state index contributed by atoms with van der Waals surface area (Å²) in [5.74, 6) is -0.462. The largest absolute Gasteiger partial charge is 0.465 e. The number of nitrogens with one attached hydrogen (secondary N) is 2. The predicted octanol–water partition coefficient (Wildman–Crippen LogP) is 10.8. The third-order valence-corrected chi connectivity index (χ3v) is 11.7. The first kappa shape index (κ1) is 43.8. The van der Waals surface area contributed by atoms with Crippen molar-refractivity contribution in [3.05, 3.63) is 121 Å². The van der Waals surface area contributed by atoms with Crippen LogP contribution in [0.1, 0.15) is 115 Å². The molecule has 0 bridgehead atoms. The van der Waals surface area contributed by atoms with Gasteiger partial charge in [-0.2, -0.15) is 0 Å². The summed E-state index contributed by atoms with van der Waals surface area (Å²) in [5, 5.41) is 12.2. The summed E-state index contributed by atoms with van der Waals surface area (Å²) in [4.78, 5) is 34.7. The smallest absolute Gasteiger partial charge is 0.323 e. The Kier molecular flexibility index (Phi) is 17.6. The van der Waals surface area contributed by atoms with Crippen LogP contribution in [0.3, 0.4) is 0 Å². The average molecular weight is 799 g/mol. The zero-order valence-electron chi connectivity index (χ0n) is 35.5. The Morgan fingerprint density at radius 2 is 1.00 bits per heavy atom. The quantitative estimate of drug-likeness (QED) is 0.0445. The summed E-state index contributed by atoms with van der Waals surface area (Å²) in [6, 6.07) is 32.4. The number of hydrogen-bond acceptors (Lipinski definition) is 8. The molecule has 1 aliphatic heterocycles. The molecule has 8 heteroatoms. The summed E-state index contributed by atoms with van der Waals surface area (Å²) in [5.41, 5.74) is 3.11. The maximum atomic E-state index is 14.0. The molecule has 8 nitrogen and oxygen atoms in total. The molecule has 0 radical (unpaired) electrons. The van der Waals surface area contributed by atoms with Crippen LogP contribution in [-0.4, -0.2) is 54.6 Å². The van der Waals surface area contributed by atoms with E-state index in [-0.39, 0.29) is 24.3 Å². The number of benzene rings is 4. The van der Waals surface area contributed by atoms with Crippen molar-refractivity contribution in [1.29, 1.82) is 0 Å². The first-order valence-corrected chi connectivity index (χ1v) is 22.5. The normalized spacial score (nSPS) is 16.3. The zero-order valence-corrected chi connectivity index (χ0v) is 35.5. The van der Waals surface area contributed by atoms with Gasteiger partial charge in [0.2, 0.25) is 0 Å². The van der Waals surface area contributed by atoms with E-state index < -0.39 is 12.1 Å². The van der Waals surface area contributed by atoms with E-state index >= 15 is 0 Å². The predicted molar refractivity (Wildman–Crippen MR) is 241 cm³/mol. The molecule has 4 atom stereocenters. The Hall–Kier alpha value is -4.79. The molecule has 1 aliphatic rings. The van der Waals surface area contributed by atoms with Crippen molar-refractivity contribution >= 4 is 39.2 Å². The van der Waals surface area contributed by atoms with Crippen LogP contribution in [0.5, 0.6) is 0 Å². The van der Waals surface area contributed by atoms with Crippen LogP contribution < -0.4 is 15.5 Å². The molecule has 6 rings (SSSR count). The molecule has 2 N–H and O–H groups in total. The number of pyridine rings is 1. The number of hydrogen-bond donors (Lipinski definition) is 2. The molecule has 1 aromatic heterocycles. The number of carbonyl (C=O) groups excluding carboxylic acids is 2. The van der Waals surface area contributed by atoms with Gasteiger partial charge in [-0.3, -0.25) is 25.2 Å². The van der Waals surface area contributed by atoms with Gasteiger partial charge in [-0.25, -0.2) is 0 Å². The Morgan fingerprint density at radius 3 is 1.46 bits per heavy atom. The number of carbonyl (C=O) groups is 2. The Bertz CT molecular complexity index is 1900. The summed E-state index contributed by atoms with van der Waals surface area (Å²) in [7, 11) is 0. The lowest BCUT2D eigenvalue weighted by atomic mass is 10.0. The van der Waals surface area contributed by atoms with E-state index in [0.29, 0.717) is 26.1 Å². The van der Waals surface area contributed by atoms with Crippen LogP contribution in [0, 0.1) is 0 Å². The Balaban J connectivity index is 1.21. The van der Waals surface area contributed by atoms with Crippen molar-refractivity contribution in [2.24, 2.45) is 0 Å². The second-order valence-corrected chi connectivity index (χ2v) is 16.3. The maximum absolute atomic E-state index is 14.0. The molecule has 5 aromatic rings. The maximum Gasteiger partial charge on any atom is 0.323 e. The minimum absolute atomic E-state index is 0.206. The fourth-order valence-electron chi connectivity index (χ4n) is 8.41. The van der Waals surface area contributed by atoms with Crippen molar-refractivity contribution < 1.29 is 19.1 Å². The standard InChI is InChI=1S/C51H66N4O4/c1-3-5-7-9-11-17-33-58-50(56)46(37-39-23-25-41-19-13-15-21-43(41)35-39)53-48-27-28-49(55(48)45-29-31-52-32-30-45)54-47(51(57)59-34-18-12-10-8-6-4-2)38-40-24-26-42-20-14-16-22-44(42)36-40/h13-16,19-26,29-32,35-36,46-49,53-54H,3-12,17-18,27-28,33-34,37-38H2,1-2H3/t46-,47-,48-,49-/m0/s1. The van der Waals surface area contributed by atoms with Gasteiger partial charge in [-0.15, -0.1) is 0 Å². The van der Waals surface area contributed by atoms with E-state index in [9.17, 15) is 9.59 Å². The average Bonchev–Trinajstić information content (AvgIpc) is 3.66. The van der Waals surface area contributed by atoms with E-state index in [1.54, 1.807) is 12.4 Å². The van der Waals surface area contributed by atoms with Crippen LogP contribution in [0.15, 0.2) is 109 Å². The number of rotatable bonds is 25. The first-order chi connectivity index (χ1) is 29.0. The monoisotopic (exact) mass is 799 g/mol. The highest BCUT2D eigenvalue weighted by molar-refractivity contribution is 5.84. The molecule has 4 aromatic carbocycles. The molecule has 0 aliphatic carbocycles. The van der Waals surface area contributed by atoms with Crippen LogP contribution in [-0.2, 0) is 31.9 Å². The van der Waals surface area contributed by atoms with Crippen LogP contribution in [0.2, 0.25) is 0 Å². The fourth-order valence-corrected chi connectivity index (χ4v) is 8.41. The minimum Gasteiger partial charge on any atom is -0.465 e. The lowest BCUT2D eigenvalue weighted by Gasteiger charge is -2.36. The lowest BCUT2D eigenvalue weighted by molar-refractivity contribution is -0.147. The van der Waals surface area contributed by atoms with E-state index in [1.807, 2.05) is 36.4 Å². The topological polar surface area (TPSA) is 92.8 Å². The van der Waals surface area contributed by atoms with E-state index in [4.69, 9.17) is 9.47 Å². The van der Waals surface area contributed by atoms with Gasteiger partial charge >= 0.3 is 11.9 Å². The van der Waals surface area contributed by atoms with E-state index in [0.717, 1.165) is 79.0 Å². The highest BCUT2D eigenvalue weighted by Crippen LogP contribution is 2.30. The Labute approximate surface area is 352 Å². The van der Waals surface area contributed by atoms with Crippen molar-refractivity contribution in [2.75, 3.05) is 18.1 Å². The van der Waals surface area contributed by atoms with Crippen LogP contribution in [0.25, 0.3) is 21.5 Å². The molecule has 1 saturated heterocycles. The van der Waals surface area contributed by atoms with Gasteiger partial charge in [-0.1, -0.05) is 163 Å². The molecule has 314 valence electrons. The third-order valence-electron chi connectivity index (χ3n) is 11.7. The number of ether oxygens (including phenoxy) is 2. The van der Waals surface area contributed by atoms with E-state index in [2.05, 4.69) is 95.0 Å². The highest BCUT2D eigenvalue weighted by Gasteiger charge is 2.39. The summed E-state index contributed by atoms with van der Waals surface area (Å²) < 4.78 is 12.0. The first-order valence-electron chi connectivity index (χ1n) is 22.5. The number of aromatic nitrogens is 1. The molecule has 0 spiro atoms. The number of anilines is 1. The molecule has 0 amide bonds. The van der Waals surface area contributed by atoms with Crippen molar-refractivity contribution in [2.45, 2.75) is 141 Å². The fraction of sp³-hybridized carbons (Fsp3) is 0.471. The molecule has 59 heavy (non-hydrogen) atoms. The molecule has 1 fully saturated rings. The van der Waals surface area contributed by atoms with Gasteiger partial charge in [0.1, 0.15) is 12.1 Å². The van der Waals surface area contributed by atoms with Gasteiger partial charge in [-0.05, 0) is 83.3 Å². The van der Waals surface area contributed by atoms with Gasteiger partial charge in [0.25, 0.3) is 0 Å². The summed E-state index contributed by atoms with van der Waals surface area (Å²) in [6.07, 6.45) is 19.2. The third kappa shape index (κ3) is 13.4. The van der Waals surface area contributed by atoms with Gasteiger partial charge in [0.05, 0.1) is 25.5 Å². The van der Waals surface area contributed by atoms with E-state index in [1.165, 1.54) is 49.3 Å². The van der Waals surface area contributed by atoms with Gasteiger partial charge in [0, 0.05) is 18.1 Å². The van der Waals surface area contributed by atoms with Crippen molar-refractivity contribution in [1.82, 2.24) is 15.6 Å². The number of unbranched alkanes of at least 4 members (excludes halogenated alkanes) is 10. The molecular formula is C51H66N4O4. The number of esters is 2. The second kappa shape index (κ2) is 23.7. The van der Waals surface area contributed by atoms with Crippen molar-refractivity contribution in [3.8, 4) is 0 Å². The zero-order chi connectivity index (χ0) is 41.1. The molecular weight excluding hydrogens is 733 g/mol. The summed E-state index contributed by atoms with van der Waals surface area (Å²) >= 11 is 0. The Morgan fingerprint density at radius 1 is 0.576 bits per heavy atom. The lowest BCUT2D eigenvalue weighted by Crippen LogP contribution is -2.57. The molecule has 2 heterocycles. The highest BCUT2D eigenvalue weighted by atomic mass is 16.5. The van der Waals surface area contributed by atoms with Gasteiger partial charge < -0.3 is 14.4 Å². The number of nitrogens with zero attached hydrogens (tertiary/aromatic N) is 2. The number of fused-ring (bicyclic) bond motifs is 2. The summed E-state index contributed by atoms with van der Waals surface area (Å²) in [6.45, 7) is 5.28. The van der Waals surface area contributed by atoms with Crippen LogP contribution in [0.4, 0.5) is 5.69 Å².